The molecule has 0 radical (unpaired) electrons. The summed E-state index contributed by atoms with van der Waals surface area (Å²) in [4.78, 5) is 28.6. The van der Waals surface area contributed by atoms with Crippen LogP contribution in [0.4, 0.5) is 5.69 Å². The SMILES string of the molecule is COc1cc(C)c(CN(C)CN2C(=O)C(=O)c3cc(C(C)C)ccc32)cc1OC. The number of Topliss-reactive ketones (excluding diaryl/α,β-unsaturated/α-hetero) is 1. The first-order chi connectivity index (χ1) is 13.8. The Hall–Kier alpha value is -2.86. The van der Waals surface area contributed by atoms with E-state index in [1.807, 2.05) is 49.2 Å². The monoisotopic (exact) mass is 396 g/mol. The molecule has 1 amide bonds. The minimum absolute atomic E-state index is 0.299. The summed E-state index contributed by atoms with van der Waals surface area (Å²) in [6.07, 6.45) is 0. The highest BCUT2D eigenvalue weighted by atomic mass is 16.5. The summed E-state index contributed by atoms with van der Waals surface area (Å²) >= 11 is 0. The van der Waals surface area contributed by atoms with Gasteiger partial charge in [-0.1, -0.05) is 19.9 Å². The van der Waals surface area contributed by atoms with E-state index in [2.05, 4.69) is 13.8 Å². The Bertz CT molecular complexity index is 952. The highest BCUT2D eigenvalue weighted by molar-refractivity contribution is 6.52. The molecular weight excluding hydrogens is 368 g/mol. The van der Waals surface area contributed by atoms with Gasteiger partial charge in [0, 0.05) is 6.54 Å². The molecule has 0 N–H and O–H groups in total. The summed E-state index contributed by atoms with van der Waals surface area (Å²) in [5.74, 6) is 0.745. The molecule has 1 aliphatic rings. The van der Waals surface area contributed by atoms with Crippen LogP contribution in [0.3, 0.4) is 0 Å². The Morgan fingerprint density at radius 2 is 1.69 bits per heavy atom. The van der Waals surface area contributed by atoms with Crippen molar-refractivity contribution < 1.29 is 19.1 Å². The first-order valence-electron chi connectivity index (χ1n) is 9.67. The number of ketones is 1. The van der Waals surface area contributed by atoms with Gasteiger partial charge in [-0.25, -0.2) is 0 Å². The van der Waals surface area contributed by atoms with E-state index < -0.39 is 11.7 Å². The molecule has 6 heteroatoms. The number of carbonyl (C=O) groups is 2. The predicted octanol–water partition coefficient (Wildman–Crippen LogP) is 3.75. The van der Waals surface area contributed by atoms with E-state index >= 15 is 0 Å². The zero-order valence-electron chi connectivity index (χ0n) is 17.9. The van der Waals surface area contributed by atoms with Gasteiger partial charge in [0.2, 0.25) is 0 Å². The fraction of sp³-hybridized carbons (Fsp3) is 0.391. The fourth-order valence-electron chi connectivity index (χ4n) is 3.59. The van der Waals surface area contributed by atoms with Gasteiger partial charge >= 0.3 is 5.91 Å². The van der Waals surface area contributed by atoms with Crippen LogP contribution >= 0.6 is 0 Å². The smallest absolute Gasteiger partial charge is 0.300 e. The molecular formula is C23H28N2O4. The van der Waals surface area contributed by atoms with Gasteiger partial charge in [0.1, 0.15) is 0 Å². The number of benzene rings is 2. The predicted molar refractivity (Wildman–Crippen MR) is 113 cm³/mol. The topological polar surface area (TPSA) is 59.1 Å². The summed E-state index contributed by atoms with van der Waals surface area (Å²) < 4.78 is 10.7. The lowest BCUT2D eigenvalue weighted by Crippen LogP contribution is -2.39. The molecule has 3 rings (SSSR count). The molecule has 0 aromatic heterocycles. The summed E-state index contributed by atoms with van der Waals surface area (Å²) in [5, 5.41) is 0. The van der Waals surface area contributed by atoms with E-state index in [-0.39, 0.29) is 0 Å². The number of ether oxygens (including phenoxy) is 2. The third kappa shape index (κ3) is 3.98. The molecule has 29 heavy (non-hydrogen) atoms. The molecule has 0 fully saturated rings. The van der Waals surface area contributed by atoms with Crippen molar-refractivity contribution in [1.82, 2.24) is 4.90 Å². The number of fused-ring (bicyclic) bond motifs is 1. The summed E-state index contributed by atoms with van der Waals surface area (Å²) in [5.41, 5.74) is 4.37. The summed E-state index contributed by atoms with van der Waals surface area (Å²) in [6, 6.07) is 9.60. The number of hydrogen-bond acceptors (Lipinski definition) is 5. The van der Waals surface area contributed by atoms with Crippen molar-refractivity contribution in [3.63, 3.8) is 0 Å². The third-order valence-electron chi connectivity index (χ3n) is 5.33. The van der Waals surface area contributed by atoms with Gasteiger partial charge in [-0.05, 0) is 60.8 Å². The van der Waals surface area contributed by atoms with Gasteiger partial charge in [-0.15, -0.1) is 0 Å². The Labute approximate surface area is 172 Å². The fourth-order valence-corrected chi connectivity index (χ4v) is 3.59. The average Bonchev–Trinajstić information content (AvgIpc) is 2.93. The van der Waals surface area contributed by atoms with Crippen molar-refractivity contribution in [3.05, 3.63) is 52.6 Å². The van der Waals surface area contributed by atoms with Crippen molar-refractivity contribution in [2.45, 2.75) is 33.2 Å². The highest BCUT2D eigenvalue weighted by Gasteiger charge is 2.36. The van der Waals surface area contributed by atoms with Crippen LogP contribution in [-0.2, 0) is 11.3 Å². The van der Waals surface area contributed by atoms with Crippen LogP contribution in [0.2, 0.25) is 0 Å². The minimum Gasteiger partial charge on any atom is -0.493 e. The zero-order chi connectivity index (χ0) is 21.3. The Morgan fingerprint density at radius 3 is 2.31 bits per heavy atom. The lowest BCUT2D eigenvalue weighted by molar-refractivity contribution is -0.114. The third-order valence-corrected chi connectivity index (χ3v) is 5.33. The molecule has 0 spiro atoms. The summed E-state index contributed by atoms with van der Waals surface area (Å²) in [7, 11) is 5.15. The largest absolute Gasteiger partial charge is 0.493 e. The number of anilines is 1. The zero-order valence-corrected chi connectivity index (χ0v) is 17.9. The average molecular weight is 396 g/mol. The van der Waals surface area contributed by atoms with E-state index in [4.69, 9.17) is 9.47 Å². The van der Waals surface area contributed by atoms with Crippen LogP contribution in [0.1, 0.15) is 46.8 Å². The van der Waals surface area contributed by atoms with Crippen LogP contribution < -0.4 is 14.4 Å². The number of nitrogens with zero attached hydrogens (tertiary/aromatic N) is 2. The Morgan fingerprint density at radius 1 is 1.03 bits per heavy atom. The molecule has 0 aliphatic carbocycles. The molecule has 0 atom stereocenters. The second kappa shape index (κ2) is 8.25. The van der Waals surface area contributed by atoms with E-state index in [1.54, 1.807) is 19.1 Å². The van der Waals surface area contributed by atoms with Crippen molar-refractivity contribution >= 4 is 17.4 Å². The van der Waals surface area contributed by atoms with E-state index in [0.717, 1.165) is 16.7 Å². The molecule has 0 saturated heterocycles. The standard InChI is InChI=1S/C23H28N2O4/c1-14(2)16-7-8-19-18(10-16)22(26)23(27)25(19)13-24(4)12-17-11-21(29-6)20(28-5)9-15(17)3/h7-11,14H,12-13H2,1-6H3. The number of carbonyl (C=O) groups excluding carboxylic acids is 2. The summed E-state index contributed by atoms with van der Waals surface area (Å²) in [6.45, 7) is 7.08. The van der Waals surface area contributed by atoms with Gasteiger partial charge in [0.05, 0.1) is 32.1 Å². The lowest BCUT2D eigenvalue weighted by atomic mass is 9.99. The maximum absolute atomic E-state index is 12.6. The van der Waals surface area contributed by atoms with Crippen LogP contribution in [0, 0.1) is 6.92 Å². The molecule has 0 unspecified atom stereocenters. The first-order valence-corrected chi connectivity index (χ1v) is 9.67. The maximum atomic E-state index is 12.6. The van der Waals surface area contributed by atoms with Gasteiger partial charge in [0.25, 0.3) is 5.78 Å². The van der Waals surface area contributed by atoms with Crippen LogP contribution in [-0.4, -0.2) is 44.5 Å². The molecule has 1 heterocycles. The Balaban J connectivity index is 1.81. The normalized spacial score (nSPS) is 13.4. The number of methoxy groups -OCH3 is 2. The minimum atomic E-state index is -0.475. The van der Waals surface area contributed by atoms with Crippen LogP contribution in [0.15, 0.2) is 30.3 Å². The van der Waals surface area contributed by atoms with Gasteiger partial charge < -0.3 is 9.47 Å². The van der Waals surface area contributed by atoms with E-state index in [0.29, 0.717) is 41.9 Å². The quantitative estimate of drug-likeness (QED) is 0.667. The number of rotatable bonds is 7. The lowest BCUT2D eigenvalue weighted by Gasteiger charge is -2.25. The van der Waals surface area contributed by atoms with Gasteiger partial charge in [-0.2, -0.15) is 0 Å². The van der Waals surface area contributed by atoms with Crippen molar-refractivity contribution in [2.24, 2.45) is 0 Å². The van der Waals surface area contributed by atoms with Gasteiger partial charge in [0.15, 0.2) is 11.5 Å². The van der Waals surface area contributed by atoms with Crippen LogP contribution in [0.5, 0.6) is 11.5 Å². The number of aryl methyl sites for hydroxylation is 1. The second-order valence-electron chi connectivity index (χ2n) is 7.78. The molecule has 0 saturated carbocycles. The maximum Gasteiger partial charge on any atom is 0.300 e. The Kier molecular flexibility index (Phi) is 5.94. The molecule has 1 aliphatic heterocycles. The number of amides is 1. The van der Waals surface area contributed by atoms with Crippen LogP contribution in [0.25, 0.3) is 0 Å². The van der Waals surface area contributed by atoms with Gasteiger partial charge in [-0.3, -0.25) is 19.4 Å². The molecule has 2 aromatic rings. The van der Waals surface area contributed by atoms with Crippen molar-refractivity contribution in [1.29, 1.82) is 0 Å². The van der Waals surface area contributed by atoms with E-state index in [1.165, 1.54) is 0 Å². The van der Waals surface area contributed by atoms with Crippen molar-refractivity contribution in [3.8, 4) is 11.5 Å². The second-order valence-corrected chi connectivity index (χ2v) is 7.78. The highest BCUT2D eigenvalue weighted by Crippen LogP contribution is 2.33. The molecule has 6 nitrogen and oxygen atoms in total. The number of hydrogen-bond donors (Lipinski definition) is 0. The first kappa shape index (κ1) is 20.9. The van der Waals surface area contributed by atoms with Crippen molar-refractivity contribution in [2.75, 3.05) is 32.8 Å². The molecule has 0 bridgehead atoms. The molecule has 154 valence electrons. The molecule has 2 aromatic carbocycles. The van der Waals surface area contributed by atoms with E-state index in [9.17, 15) is 9.59 Å².